The standard InChI is InChI=1S/C12H20N2OS/c1-4-11(8-13-5-6-15-3)7-12-9-16-10(2)14-12/h7,9,13H,4-6,8H2,1-3H3. The lowest BCUT2D eigenvalue weighted by molar-refractivity contribution is 0.200. The Hall–Kier alpha value is -0.710. The maximum atomic E-state index is 4.99. The molecule has 16 heavy (non-hydrogen) atoms. The molecule has 4 heteroatoms. The van der Waals surface area contributed by atoms with Gasteiger partial charge in [0.25, 0.3) is 0 Å². The number of hydrogen-bond acceptors (Lipinski definition) is 4. The van der Waals surface area contributed by atoms with Gasteiger partial charge in [0.15, 0.2) is 0 Å². The number of aromatic nitrogens is 1. The highest BCUT2D eigenvalue weighted by Crippen LogP contribution is 2.12. The molecule has 0 radical (unpaired) electrons. The van der Waals surface area contributed by atoms with Crippen LogP contribution >= 0.6 is 11.3 Å². The average Bonchev–Trinajstić information content (AvgIpc) is 2.68. The second-order valence-corrected chi connectivity index (χ2v) is 4.68. The van der Waals surface area contributed by atoms with Crippen molar-refractivity contribution < 1.29 is 4.74 Å². The van der Waals surface area contributed by atoms with E-state index in [0.717, 1.165) is 36.8 Å². The van der Waals surface area contributed by atoms with Gasteiger partial charge in [0.1, 0.15) is 0 Å². The molecule has 0 spiro atoms. The topological polar surface area (TPSA) is 34.2 Å². The van der Waals surface area contributed by atoms with Crippen LogP contribution in [0.1, 0.15) is 24.0 Å². The van der Waals surface area contributed by atoms with E-state index in [1.165, 1.54) is 5.57 Å². The van der Waals surface area contributed by atoms with Gasteiger partial charge in [0.05, 0.1) is 17.3 Å². The number of thiazole rings is 1. The van der Waals surface area contributed by atoms with E-state index < -0.39 is 0 Å². The first-order chi connectivity index (χ1) is 7.76. The van der Waals surface area contributed by atoms with E-state index in [9.17, 15) is 0 Å². The third-order valence-corrected chi connectivity index (χ3v) is 3.07. The molecule has 1 aromatic rings. The third kappa shape index (κ3) is 4.88. The number of methoxy groups -OCH3 is 1. The summed E-state index contributed by atoms with van der Waals surface area (Å²) in [7, 11) is 1.72. The summed E-state index contributed by atoms with van der Waals surface area (Å²) in [6.07, 6.45) is 3.22. The van der Waals surface area contributed by atoms with Gasteiger partial charge in [-0.2, -0.15) is 0 Å². The molecule has 1 heterocycles. The molecule has 1 rings (SSSR count). The number of ether oxygens (including phenoxy) is 1. The van der Waals surface area contributed by atoms with E-state index in [4.69, 9.17) is 4.74 Å². The largest absolute Gasteiger partial charge is 0.383 e. The van der Waals surface area contributed by atoms with E-state index >= 15 is 0 Å². The zero-order valence-corrected chi connectivity index (χ0v) is 11.1. The first-order valence-corrected chi connectivity index (χ1v) is 6.45. The molecule has 0 aliphatic carbocycles. The fourth-order valence-corrected chi connectivity index (χ4v) is 1.93. The van der Waals surface area contributed by atoms with Gasteiger partial charge in [-0.05, 0) is 19.4 Å². The van der Waals surface area contributed by atoms with Crippen LogP contribution in [0.3, 0.4) is 0 Å². The summed E-state index contributed by atoms with van der Waals surface area (Å²) in [6.45, 7) is 6.76. The van der Waals surface area contributed by atoms with Gasteiger partial charge in [-0.15, -0.1) is 11.3 Å². The van der Waals surface area contributed by atoms with E-state index in [2.05, 4.69) is 28.7 Å². The van der Waals surface area contributed by atoms with Gasteiger partial charge in [0, 0.05) is 25.6 Å². The van der Waals surface area contributed by atoms with Crippen LogP contribution in [0.25, 0.3) is 6.08 Å². The highest BCUT2D eigenvalue weighted by atomic mass is 32.1. The Balaban J connectivity index is 2.43. The van der Waals surface area contributed by atoms with Gasteiger partial charge >= 0.3 is 0 Å². The van der Waals surface area contributed by atoms with Crippen molar-refractivity contribution in [2.75, 3.05) is 26.8 Å². The van der Waals surface area contributed by atoms with Crippen molar-refractivity contribution in [3.8, 4) is 0 Å². The van der Waals surface area contributed by atoms with Gasteiger partial charge in [-0.3, -0.25) is 0 Å². The summed E-state index contributed by atoms with van der Waals surface area (Å²) >= 11 is 1.69. The fourth-order valence-electron chi connectivity index (χ4n) is 1.36. The molecule has 0 aliphatic heterocycles. The number of aryl methyl sites for hydroxylation is 1. The second-order valence-electron chi connectivity index (χ2n) is 3.62. The summed E-state index contributed by atoms with van der Waals surface area (Å²) in [5, 5.41) is 6.56. The zero-order chi connectivity index (χ0) is 11.8. The lowest BCUT2D eigenvalue weighted by atomic mass is 10.1. The lowest BCUT2D eigenvalue weighted by Crippen LogP contribution is -2.21. The molecule has 0 aromatic carbocycles. The molecule has 0 aliphatic rings. The van der Waals surface area contributed by atoms with Gasteiger partial charge < -0.3 is 10.1 Å². The van der Waals surface area contributed by atoms with E-state index in [1.54, 1.807) is 18.4 Å². The van der Waals surface area contributed by atoms with Gasteiger partial charge in [-0.25, -0.2) is 4.98 Å². The summed E-state index contributed by atoms with van der Waals surface area (Å²) in [5.41, 5.74) is 2.45. The lowest BCUT2D eigenvalue weighted by Gasteiger charge is -2.06. The smallest absolute Gasteiger partial charge is 0.0901 e. The normalized spacial score (nSPS) is 12.1. The van der Waals surface area contributed by atoms with Crippen molar-refractivity contribution in [3.05, 3.63) is 21.7 Å². The average molecular weight is 240 g/mol. The van der Waals surface area contributed by atoms with Crippen molar-refractivity contribution in [1.82, 2.24) is 10.3 Å². The monoisotopic (exact) mass is 240 g/mol. The van der Waals surface area contributed by atoms with Crippen LogP contribution < -0.4 is 5.32 Å². The van der Waals surface area contributed by atoms with Crippen molar-refractivity contribution in [2.45, 2.75) is 20.3 Å². The van der Waals surface area contributed by atoms with Crippen LogP contribution in [0, 0.1) is 6.92 Å². The number of nitrogens with one attached hydrogen (secondary N) is 1. The number of rotatable bonds is 7. The molecule has 90 valence electrons. The van der Waals surface area contributed by atoms with Crippen LogP contribution in [0.5, 0.6) is 0 Å². The van der Waals surface area contributed by atoms with E-state index in [1.807, 2.05) is 6.92 Å². The first kappa shape index (κ1) is 13.4. The highest BCUT2D eigenvalue weighted by Gasteiger charge is 1.98. The molecule has 1 aromatic heterocycles. The summed E-state index contributed by atoms with van der Waals surface area (Å²) in [6, 6.07) is 0. The van der Waals surface area contributed by atoms with Gasteiger partial charge in [0.2, 0.25) is 0 Å². The minimum Gasteiger partial charge on any atom is -0.383 e. The Morgan fingerprint density at radius 1 is 1.62 bits per heavy atom. The minimum absolute atomic E-state index is 0.757. The first-order valence-electron chi connectivity index (χ1n) is 5.57. The minimum atomic E-state index is 0.757. The highest BCUT2D eigenvalue weighted by molar-refractivity contribution is 7.09. The third-order valence-electron chi connectivity index (χ3n) is 2.28. The SMILES string of the molecule is CCC(=Cc1csc(C)n1)CNCCOC. The van der Waals surface area contributed by atoms with Crippen LogP contribution in [0.15, 0.2) is 11.0 Å². The molecular weight excluding hydrogens is 220 g/mol. The maximum absolute atomic E-state index is 4.99. The summed E-state index contributed by atoms with van der Waals surface area (Å²) < 4.78 is 4.99. The Labute approximate surface area is 102 Å². The maximum Gasteiger partial charge on any atom is 0.0901 e. The zero-order valence-electron chi connectivity index (χ0n) is 10.2. The Morgan fingerprint density at radius 3 is 3.00 bits per heavy atom. The Morgan fingerprint density at radius 2 is 2.44 bits per heavy atom. The molecule has 0 saturated carbocycles. The second kappa shape index (κ2) is 7.54. The van der Waals surface area contributed by atoms with Crippen molar-refractivity contribution in [1.29, 1.82) is 0 Å². The van der Waals surface area contributed by atoms with E-state index in [0.29, 0.717) is 0 Å². The van der Waals surface area contributed by atoms with Crippen LogP contribution in [-0.4, -0.2) is 31.8 Å². The molecular formula is C12H20N2OS. The molecule has 0 atom stereocenters. The van der Waals surface area contributed by atoms with Crippen molar-refractivity contribution in [3.63, 3.8) is 0 Å². The predicted octanol–water partition coefficient (Wildman–Crippen LogP) is 2.48. The Bertz CT molecular complexity index is 334. The summed E-state index contributed by atoms with van der Waals surface area (Å²) in [5.74, 6) is 0. The molecule has 0 unspecified atom stereocenters. The molecule has 0 amide bonds. The molecule has 0 bridgehead atoms. The van der Waals surface area contributed by atoms with Crippen LogP contribution in [0.2, 0.25) is 0 Å². The summed E-state index contributed by atoms with van der Waals surface area (Å²) in [4.78, 5) is 4.43. The molecule has 0 fully saturated rings. The molecule has 0 saturated heterocycles. The van der Waals surface area contributed by atoms with Crippen LogP contribution in [0.4, 0.5) is 0 Å². The quantitative estimate of drug-likeness (QED) is 0.744. The fraction of sp³-hybridized carbons (Fsp3) is 0.583. The van der Waals surface area contributed by atoms with Crippen molar-refractivity contribution in [2.24, 2.45) is 0 Å². The van der Waals surface area contributed by atoms with E-state index in [-0.39, 0.29) is 0 Å². The van der Waals surface area contributed by atoms with Gasteiger partial charge in [-0.1, -0.05) is 12.5 Å². The Kier molecular flexibility index (Phi) is 6.30. The number of hydrogen-bond donors (Lipinski definition) is 1. The number of nitrogens with zero attached hydrogens (tertiary/aromatic N) is 1. The predicted molar refractivity (Wildman–Crippen MR) is 69.9 cm³/mol. The van der Waals surface area contributed by atoms with Crippen LogP contribution in [-0.2, 0) is 4.74 Å². The molecule has 1 N–H and O–H groups in total. The molecule has 3 nitrogen and oxygen atoms in total. The van der Waals surface area contributed by atoms with Crippen molar-refractivity contribution >= 4 is 17.4 Å².